The maximum Gasteiger partial charge on any atom is 0.317 e. The molecule has 1 unspecified atom stereocenters. The van der Waals surface area contributed by atoms with Gasteiger partial charge in [-0.25, -0.2) is 4.79 Å². The van der Waals surface area contributed by atoms with Gasteiger partial charge in [0.15, 0.2) is 0 Å². The van der Waals surface area contributed by atoms with E-state index in [1.807, 2.05) is 11.0 Å². The second kappa shape index (κ2) is 8.20. The van der Waals surface area contributed by atoms with Gasteiger partial charge in [-0.2, -0.15) is 0 Å². The normalized spacial score (nSPS) is 18.0. The molecule has 5 nitrogen and oxygen atoms in total. The molecule has 5 heteroatoms. The Morgan fingerprint density at radius 3 is 3.08 bits per heavy atom. The zero-order valence-corrected chi connectivity index (χ0v) is 14.1. The largest absolute Gasteiger partial charge is 0.396 e. The van der Waals surface area contributed by atoms with Crippen LogP contribution in [-0.2, 0) is 6.42 Å². The summed E-state index contributed by atoms with van der Waals surface area (Å²) in [5.74, 6) is 0. The maximum atomic E-state index is 12.4. The molecule has 1 atom stereocenters. The van der Waals surface area contributed by atoms with Crippen LogP contribution in [0.15, 0.2) is 30.5 Å². The van der Waals surface area contributed by atoms with Gasteiger partial charge < -0.3 is 20.3 Å². The Morgan fingerprint density at radius 1 is 1.33 bits per heavy atom. The third-order valence-corrected chi connectivity index (χ3v) is 4.92. The molecule has 1 aliphatic rings. The molecule has 130 valence electrons. The van der Waals surface area contributed by atoms with Crippen molar-refractivity contribution in [3.05, 3.63) is 36.0 Å². The zero-order valence-electron chi connectivity index (χ0n) is 14.1. The van der Waals surface area contributed by atoms with E-state index >= 15 is 0 Å². The van der Waals surface area contributed by atoms with Gasteiger partial charge in [0.25, 0.3) is 0 Å². The van der Waals surface area contributed by atoms with Gasteiger partial charge in [0.2, 0.25) is 0 Å². The fourth-order valence-corrected chi connectivity index (χ4v) is 3.63. The van der Waals surface area contributed by atoms with E-state index in [2.05, 4.69) is 34.7 Å². The highest BCUT2D eigenvalue weighted by Crippen LogP contribution is 2.20. The number of aromatic nitrogens is 1. The van der Waals surface area contributed by atoms with Gasteiger partial charge >= 0.3 is 6.03 Å². The molecule has 0 spiro atoms. The predicted octanol–water partition coefficient (Wildman–Crippen LogP) is 3.05. The lowest BCUT2D eigenvalue weighted by Crippen LogP contribution is -2.49. The number of aromatic amines is 1. The topological polar surface area (TPSA) is 68.4 Å². The molecule has 2 heterocycles. The molecule has 0 saturated carbocycles. The van der Waals surface area contributed by atoms with E-state index in [9.17, 15) is 4.79 Å². The van der Waals surface area contributed by atoms with Crippen molar-refractivity contribution in [1.29, 1.82) is 0 Å². The molecule has 3 rings (SSSR count). The highest BCUT2D eigenvalue weighted by Gasteiger charge is 2.25. The number of benzene rings is 1. The first-order chi connectivity index (χ1) is 11.8. The molecule has 0 aliphatic carbocycles. The summed E-state index contributed by atoms with van der Waals surface area (Å²) in [6, 6.07) is 8.51. The summed E-state index contributed by atoms with van der Waals surface area (Å²) < 4.78 is 0. The van der Waals surface area contributed by atoms with E-state index in [0.717, 1.165) is 44.2 Å². The van der Waals surface area contributed by atoms with Crippen LogP contribution in [-0.4, -0.2) is 46.8 Å². The Morgan fingerprint density at radius 2 is 2.21 bits per heavy atom. The molecule has 0 bridgehead atoms. The second-order valence-corrected chi connectivity index (χ2v) is 6.55. The van der Waals surface area contributed by atoms with Gasteiger partial charge in [-0.1, -0.05) is 18.2 Å². The smallest absolute Gasteiger partial charge is 0.317 e. The first kappa shape index (κ1) is 16.8. The number of nitrogens with one attached hydrogen (secondary N) is 2. The minimum absolute atomic E-state index is 0.0204. The first-order valence-electron chi connectivity index (χ1n) is 9.00. The number of carbonyl (C=O) groups excluding carboxylic acids is 1. The standard InChI is InChI=1S/C19H27N3O2/c23-13-10-16-7-3-4-12-22(16)19(24)20-11-5-6-15-14-21-18-9-2-1-8-17(15)18/h1-2,8-9,14,16,21,23H,3-7,10-13H2,(H,20,24). The fraction of sp³-hybridized carbons (Fsp3) is 0.526. The number of hydrogen-bond acceptors (Lipinski definition) is 2. The van der Waals surface area contributed by atoms with E-state index in [0.29, 0.717) is 13.0 Å². The van der Waals surface area contributed by atoms with E-state index in [4.69, 9.17) is 5.11 Å². The Bertz CT molecular complexity index is 665. The second-order valence-electron chi connectivity index (χ2n) is 6.55. The van der Waals surface area contributed by atoms with Crippen LogP contribution >= 0.6 is 0 Å². The van der Waals surface area contributed by atoms with Gasteiger partial charge in [0, 0.05) is 42.8 Å². The number of para-hydroxylation sites is 1. The third-order valence-electron chi connectivity index (χ3n) is 4.92. The number of fused-ring (bicyclic) bond motifs is 1. The molecular weight excluding hydrogens is 302 g/mol. The lowest BCUT2D eigenvalue weighted by molar-refractivity contribution is 0.132. The van der Waals surface area contributed by atoms with Crippen molar-refractivity contribution >= 4 is 16.9 Å². The number of nitrogens with zero attached hydrogens (tertiary/aromatic N) is 1. The van der Waals surface area contributed by atoms with Crippen LogP contribution in [0.2, 0.25) is 0 Å². The molecule has 1 aliphatic heterocycles. The Balaban J connectivity index is 1.46. The highest BCUT2D eigenvalue weighted by atomic mass is 16.3. The van der Waals surface area contributed by atoms with Crippen LogP contribution in [0, 0.1) is 0 Å². The number of amides is 2. The van der Waals surface area contributed by atoms with Crippen molar-refractivity contribution < 1.29 is 9.90 Å². The van der Waals surface area contributed by atoms with Gasteiger partial charge in [0.1, 0.15) is 0 Å². The number of urea groups is 1. The monoisotopic (exact) mass is 329 g/mol. The molecule has 2 aromatic rings. The number of carbonyl (C=O) groups is 1. The Kier molecular flexibility index (Phi) is 5.75. The SMILES string of the molecule is O=C(NCCCc1c[nH]c2ccccc12)N1CCCCC1CCO. The Hall–Kier alpha value is -2.01. The van der Waals surface area contributed by atoms with Crippen LogP contribution in [0.4, 0.5) is 4.79 Å². The van der Waals surface area contributed by atoms with Crippen LogP contribution in [0.5, 0.6) is 0 Å². The maximum absolute atomic E-state index is 12.4. The molecule has 0 radical (unpaired) electrons. The number of rotatable bonds is 6. The Labute approximate surface area is 143 Å². The number of likely N-dealkylation sites (tertiary alicyclic amines) is 1. The predicted molar refractivity (Wildman–Crippen MR) is 96.1 cm³/mol. The van der Waals surface area contributed by atoms with Crippen molar-refractivity contribution in [2.75, 3.05) is 19.7 Å². The van der Waals surface area contributed by atoms with Crippen molar-refractivity contribution in [2.45, 2.75) is 44.6 Å². The molecule has 3 N–H and O–H groups in total. The van der Waals surface area contributed by atoms with Gasteiger partial charge in [-0.3, -0.25) is 0 Å². The lowest BCUT2D eigenvalue weighted by atomic mass is 10.0. The van der Waals surface area contributed by atoms with Crippen molar-refractivity contribution in [1.82, 2.24) is 15.2 Å². The summed E-state index contributed by atoms with van der Waals surface area (Å²) in [7, 11) is 0. The average molecular weight is 329 g/mol. The molecule has 1 fully saturated rings. The van der Waals surface area contributed by atoms with Crippen molar-refractivity contribution in [3.8, 4) is 0 Å². The van der Waals surface area contributed by atoms with Crippen LogP contribution < -0.4 is 5.32 Å². The average Bonchev–Trinajstić information content (AvgIpc) is 3.02. The van der Waals surface area contributed by atoms with Crippen LogP contribution in [0.1, 0.15) is 37.7 Å². The van der Waals surface area contributed by atoms with Gasteiger partial charge in [-0.05, 0) is 50.2 Å². The number of aliphatic hydroxyl groups is 1. The number of hydrogen-bond donors (Lipinski definition) is 3. The van der Waals surface area contributed by atoms with E-state index in [1.54, 1.807) is 0 Å². The zero-order chi connectivity index (χ0) is 16.8. The van der Waals surface area contributed by atoms with Gasteiger partial charge in [0.05, 0.1) is 0 Å². The van der Waals surface area contributed by atoms with Crippen molar-refractivity contribution in [3.63, 3.8) is 0 Å². The summed E-state index contributed by atoms with van der Waals surface area (Å²) in [5.41, 5.74) is 2.47. The minimum atomic E-state index is 0.0204. The summed E-state index contributed by atoms with van der Waals surface area (Å²) in [6.07, 6.45) is 7.83. The number of aryl methyl sites for hydroxylation is 1. The van der Waals surface area contributed by atoms with Crippen LogP contribution in [0.3, 0.4) is 0 Å². The van der Waals surface area contributed by atoms with E-state index in [1.165, 1.54) is 10.9 Å². The molecule has 24 heavy (non-hydrogen) atoms. The van der Waals surface area contributed by atoms with E-state index < -0.39 is 0 Å². The molecule has 1 saturated heterocycles. The quantitative estimate of drug-likeness (QED) is 0.713. The lowest BCUT2D eigenvalue weighted by Gasteiger charge is -2.35. The fourth-order valence-electron chi connectivity index (χ4n) is 3.63. The highest BCUT2D eigenvalue weighted by molar-refractivity contribution is 5.83. The summed E-state index contributed by atoms with van der Waals surface area (Å²) >= 11 is 0. The summed E-state index contributed by atoms with van der Waals surface area (Å²) in [4.78, 5) is 17.6. The van der Waals surface area contributed by atoms with Gasteiger partial charge in [-0.15, -0.1) is 0 Å². The summed E-state index contributed by atoms with van der Waals surface area (Å²) in [5, 5.41) is 13.5. The summed E-state index contributed by atoms with van der Waals surface area (Å²) in [6.45, 7) is 1.63. The molecule has 2 amide bonds. The molecular formula is C19H27N3O2. The minimum Gasteiger partial charge on any atom is -0.396 e. The number of H-pyrrole nitrogens is 1. The number of piperidine rings is 1. The first-order valence-corrected chi connectivity index (χ1v) is 9.00. The molecule has 1 aromatic heterocycles. The molecule has 1 aromatic carbocycles. The van der Waals surface area contributed by atoms with Crippen LogP contribution in [0.25, 0.3) is 10.9 Å². The van der Waals surface area contributed by atoms with E-state index in [-0.39, 0.29) is 18.7 Å². The third kappa shape index (κ3) is 3.90. The van der Waals surface area contributed by atoms with Crippen molar-refractivity contribution in [2.24, 2.45) is 0 Å². The number of aliphatic hydroxyl groups excluding tert-OH is 1.